The summed E-state index contributed by atoms with van der Waals surface area (Å²) in [7, 11) is 2.06. The van der Waals surface area contributed by atoms with Gasteiger partial charge in [0.25, 0.3) is 0 Å². The third-order valence-electron chi connectivity index (χ3n) is 3.98. The molecule has 3 heteroatoms. The van der Waals surface area contributed by atoms with Crippen LogP contribution < -0.4 is 0 Å². The fraction of sp³-hybridized carbons (Fsp3) is 0.400. The van der Waals surface area contributed by atoms with Crippen molar-refractivity contribution >= 4 is 0 Å². The average molecular weight is 312 g/mol. The van der Waals surface area contributed by atoms with Gasteiger partial charge in [-0.15, -0.1) is 0 Å². The number of aliphatic hydroxyl groups excluding tert-OH is 1. The molecule has 0 aromatic heterocycles. The van der Waals surface area contributed by atoms with Gasteiger partial charge in [0.05, 0.1) is 6.10 Å². The third kappa shape index (κ3) is 6.53. The third-order valence-corrected chi connectivity index (χ3v) is 3.98. The standard InChI is InChI=1S/C20H28N2O/c1-3-22(15-19-12-8-5-9-13-19)17-20(23)16-21(2)14-18-10-6-4-7-11-18/h4-13,20,23H,3,14-17H2,1-2H3/t20-/m1/s1. The lowest BCUT2D eigenvalue weighted by molar-refractivity contribution is 0.0791. The quantitative estimate of drug-likeness (QED) is 0.771. The lowest BCUT2D eigenvalue weighted by Gasteiger charge is -2.26. The molecule has 124 valence electrons. The number of aliphatic hydroxyl groups is 1. The van der Waals surface area contributed by atoms with Crippen LogP contribution in [0.25, 0.3) is 0 Å². The van der Waals surface area contributed by atoms with Crippen molar-refractivity contribution in [3.63, 3.8) is 0 Å². The highest BCUT2D eigenvalue weighted by Crippen LogP contribution is 2.07. The normalized spacial score (nSPS) is 12.7. The highest BCUT2D eigenvalue weighted by molar-refractivity contribution is 5.15. The summed E-state index contributed by atoms with van der Waals surface area (Å²) in [4.78, 5) is 4.46. The summed E-state index contributed by atoms with van der Waals surface area (Å²) in [6.07, 6.45) is -0.340. The zero-order valence-electron chi connectivity index (χ0n) is 14.2. The summed E-state index contributed by atoms with van der Waals surface area (Å²) in [6, 6.07) is 20.8. The van der Waals surface area contributed by atoms with Gasteiger partial charge in [0.2, 0.25) is 0 Å². The topological polar surface area (TPSA) is 26.7 Å². The van der Waals surface area contributed by atoms with Crippen LogP contribution >= 0.6 is 0 Å². The number of hydrogen-bond donors (Lipinski definition) is 1. The van der Waals surface area contributed by atoms with Gasteiger partial charge in [0.15, 0.2) is 0 Å². The van der Waals surface area contributed by atoms with Crippen molar-refractivity contribution in [1.82, 2.24) is 9.80 Å². The predicted molar refractivity (Wildman–Crippen MR) is 96.2 cm³/mol. The predicted octanol–water partition coefficient (Wildman–Crippen LogP) is 3.00. The average Bonchev–Trinajstić information content (AvgIpc) is 2.56. The van der Waals surface area contributed by atoms with E-state index in [0.29, 0.717) is 13.1 Å². The Hall–Kier alpha value is -1.68. The van der Waals surface area contributed by atoms with E-state index in [-0.39, 0.29) is 6.10 Å². The van der Waals surface area contributed by atoms with Gasteiger partial charge in [-0.25, -0.2) is 0 Å². The van der Waals surface area contributed by atoms with Gasteiger partial charge in [-0.05, 0) is 24.7 Å². The Bertz CT molecular complexity index is 544. The highest BCUT2D eigenvalue weighted by atomic mass is 16.3. The zero-order valence-corrected chi connectivity index (χ0v) is 14.2. The lowest BCUT2D eigenvalue weighted by Crippen LogP contribution is -2.38. The van der Waals surface area contributed by atoms with E-state index in [1.54, 1.807) is 0 Å². The fourth-order valence-corrected chi connectivity index (χ4v) is 2.82. The van der Waals surface area contributed by atoms with Crippen LogP contribution in [0.3, 0.4) is 0 Å². The van der Waals surface area contributed by atoms with Gasteiger partial charge in [-0.1, -0.05) is 67.6 Å². The molecule has 1 atom stereocenters. The molecule has 0 aliphatic heterocycles. The van der Waals surface area contributed by atoms with E-state index in [1.165, 1.54) is 11.1 Å². The molecule has 0 spiro atoms. The summed E-state index contributed by atoms with van der Waals surface area (Å²) in [6.45, 7) is 6.21. The molecule has 0 radical (unpaired) electrons. The Labute approximate surface area is 140 Å². The van der Waals surface area contributed by atoms with Crippen LogP contribution in [0.15, 0.2) is 60.7 Å². The number of benzene rings is 2. The molecular formula is C20H28N2O. The Morgan fingerprint density at radius 1 is 0.826 bits per heavy atom. The first kappa shape index (κ1) is 17.7. The molecule has 0 heterocycles. The van der Waals surface area contributed by atoms with Gasteiger partial charge in [-0.2, -0.15) is 0 Å². The van der Waals surface area contributed by atoms with Gasteiger partial charge < -0.3 is 5.11 Å². The Morgan fingerprint density at radius 2 is 1.35 bits per heavy atom. The first-order valence-electron chi connectivity index (χ1n) is 8.34. The second-order valence-electron chi connectivity index (χ2n) is 6.15. The molecule has 1 N–H and O–H groups in total. The summed E-state index contributed by atoms with van der Waals surface area (Å²) in [5, 5.41) is 10.4. The molecule has 0 aliphatic rings. The second-order valence-corrected chi connectivity index (χ2v) is 6.15. The molecule has 0 unspecified atom stereocenters. The van der Waals surface area contributed by atoms with Crippen molar-refractivity contribution in [2.75, 3.05) is 26.7 Å². The molecule has 0 amide bonds. The number of hydrogen-bond acceptors (Lipinski definition) is 3. The van der Waals surface area contributed by atoms with Crippen molar-refractivity contribution < 1.29 is 5.11 Å². The molecule has 2 rings (SSSR count). The van der Waals surface area contributed by atoms with E-state index in [9.17, 15) is 5.11 Å². The van der Waals surface area contributed by atoms with Crippen molar-refractivity contribution in [2.45, 2.75) is 26.1 Å². The molecular weight excluding hydrogens is 284 g/mol. The molecule has 23 heavy (non-hydrogen) atoms. The van der Waals surface area contributed by atoms with Gasteiger partial charge in [0.1, 0.15) is 0 Å². The Morgan fingerprint density at radius 3 is 1.87 bits per heavy atom. The summed E-state index contributed by atoms with van der Waals surface area (Å²) >= 11 is 0. The monoisotopic (exact) mass is 312 g/mol. The summed E-state index contributed by atoms with van der Waals surface area (Å²) in [5.41, 5.74) is 2.57. The zero-order chi connectivity index (χ0) is 16.5. The van der Waals surface area contributed by atoms with Crippen LogP contribution in [0, 0.1) is 0 Å². The van der Waals surface area contributed by atoms with Crippen LogP contribution in [0.5, 0.6) is 0 Å². The number of rotatable bonds is 9. The van der Waals surface area contributed by atoms with E-state index in [1.807, 2.05) is 12.1 Å². The molecule has 2 aromatic rings. The van der Waals surface area contributed by atoms with Crippen molar-refractivity contribution in [1.29, 1.82) is 0 Å². The maximum absolute atomic E-state index is 10.4. The maximum atomic E-state index is 10.4. The van der Waals surface area contributed by atoms with E-state index >= 15 is 0 Å². The van der Waals surface area contributed by atoms with E-state index in [4.69, 9.17) is 0 Å². The second kappa shape index (κ2) is 9.46. The Kier molecular flexibility index (Phi) is 7.27. The molecule has 0 saturated heterocycles. The molecule has 3 nitrogen and oxygen atoms in total. The van der Waals surface area contributed by atoms with E-state index in [0.717, 1.165) is 19.6 Å². The molecule has 0 saturated carbocycles. The lowest BCUT2D eigenvalue weighted by atomic mass is 10.2. The highest BCUT2D eigenvalue weighted by Gasteiger charge is 2.13. The molecule has 0 fully saturated rings. The molecule has 0 bridgehead atoms. The smallest absolute Gasteiger partial charge is 0.0793 e. The minimum atomic E-state index is -0.340. The van der Waals surface area contributed by atoms with Gasteiger partial charge in [-0.3, -0.25) is 9.80 Å². The number of likely N-dealkylation sites (N-methyl/N-ethyl adjacent to an activating group) is 2. The summed E-state index contributed by atoms with van der Waals surface area (Å²) in [5.74, 6) is 0. The van der Waals surface area contributed by atoms with Crippen LogP contribution in [-0.4, -0.2) is 47.7 Å². The Balaban J connectivity index is 1.79. The first-order chi connectivity index (χ1) is 11.2. The number of nitrogens with zero attached hydrogens (tertiary/aromatic N) is 2. The summed E-state index contributed by atoms with van der Waals surface area (Å²) < 4.78 is 0. The fourth-order valence-electron chi connectivity index (χ4n) is 2.82. The SMILES string of the molecule is CCN(Cc1ccccc1)C[C@H](O)CN(C)Cc1ccccc1. The van der Waals surface area contributed by atoms with Crippen LogP contribution in [0.4, 0.5) is 0 Å². The van der Waals surface area contributed by atoms with E-state index < -0.39 is 0 Å². The van der Waals surface area contributed by atoms with Crippen LogP contribution in [-0.2, 0) is 13.1 Å². The van der Waals surface area contributed by atoms with Gasteiger partial charge >= 0.3 is 0 Å². The van der Waals surface area contributed by atoms with E-state index in [2.05, 4.69) is 72.3 Å². The van der Waals surface area contributed by atoms with Crippen molar-refractivity contribution in [3.05, 3.63) is 71.8 Å². The largest absolute Gasteiger partial charge is 0.390 e. The minimum Gasteiger partial charge on any atom is -0.390 e. The van der Waals surface area contributed by atoms with Crippen LogP contribution in [0.1, 0.15) is 18.1 Å². The first-order valence-corrected chi connectivity index (χ1v) is 8.34. The van der Waals surface area contributed by atoms with Crippen molar-refractivity contribution in [2.24, 2.45) is 0 Å². The van der Waals surface area contributed by atoms with Crippen molar-refractivity contribution in [3.8, 4) is 0 Å². The van der Waals surface area contributed by atoms with Gasteiger partial charge in [0, 0.05) is 26.2 Å². The minimum absolute atomic E-state index is 0.340. The molecule has 0 aliphatic carbocycles. The van der Waals surface area contributed by atoms with Crippen LogP contribution in [0.2, 0.25) is 0 Å². The maximum Gasteiger partial charge on any atom is 0.0793 e. The molecule has 2 aromatic carbocycles.